The van der Waals surface area contributed by atoms with Crippen molar-refractivity contribution in [3.8, 4) is 39.5 Å². The van der Waals surface area contributed by atoms with Gasteiger partial charge in [0.05, 0.1) is 16.9 Å². The van der Waals surface area contributed by atoms with Gasteiger partial charge in [0.1, 0.15) is 0 Å². The Hall–Kier alpha value is -5.33. The molecule has 0 unspecified atom stereocenters. The second kappa shape index (κ2) is 20.2. The summed E-state index contributed by atoms with van der Waals surface area (Å²) in [5.74, 6) is 9.20. The molecule has 0 aliphatic heterocycles. The van der Waals surface area contributed by atoms with Crippen molar-refractivity contribution in [2.24, 2.45) is 5.92 Å². The van der Waals surface area contributed by atoms with Gasteiger partial charge >= 0.3 is 126 Å². The summed E-state index contributed by atoms with van der Waals surface area (Å²) in [4.78, 5) is 9.89. The molecule has 0 amide bonds. The summed E-state index contributed by atoms with van der Waals surface area (Å²) in [6, 6.07) is 51.9. The quantitative estimate of drug-likeness (QED) is 0.0958. The van der Waals surface area contributed by atoms with Crippen LogP contribution in [0.4, 0.5) is 0 Å². The van der Waals surface area contributed by atoms with Crippen LogP contribution in [0.1, 0.15) is 83.9 Å². The second-order valence-corrected chi connectivity index (χ2v) is 29.1. The third kappa shape index (κ3) is 10.3. The van der Waals surface area contributed by atoms with E-state index in [2.05, 4.69) is 149 Å². The zero-order chi connectivity index (χ0) is 46.0. The van der Waals surface area contributed by atoms with E-state index in [1.807, 2.05) is 72.8 Å². The molecule has 6 heteroatoms. The van der Waals surface area contributed by atoms with Crippen LogP contribution >= 0.6 is 0 Å². The summed E-state index contributed by atoms with van der Waals surface area (Å²) in [6.45, 7) is 13.5. The normalized spacial score (nSPS) is 12.3. The van der Waals surface area contributed by atoms with Crippen LogP contribution in [0.15, 0.2) is 156 Å². The van der Waals surface area contributed by atoms with Crippen molar-refractivity contribution in [2.75, 3.05) is 0 Å². The van der Waals surface area contributed by atoms with Gasteiger partial charge in [-0.1, -0.05) is 135 Å². The van der Waals surface area contributed by atoms with Crippen LogP contribution < -0.4 is 4.40 Å². The number of aromatic nitrogens is 3. The van der Waals surface area contributed by atoms with Crippen molar-refractivity contribution in [1.82, 2.24) is 14.5 Å². The van der Waals surface area contributed by atoms with Gasteiger partial charge in [-0.3, -0.25) is 4.98 Å². The summed E-state index contributed by atoms with van der Waals surface area (Å²) in [7, 11) is 0. The van der Waals surface area contributed by atoms with E-state index < -0.39 is 19.6 Å². The predicted molar refractivity (Wildman–Crippen MR) is 268 cm³/mol. The van der Waals surface area contributed by atoms with Gasteiger partial charge in [-0.05, 0) is 70.3 Å². The molecule has 6 aromatic carbocycles. The van der Waals surface area contributed by atoms with E-state index in [0.717, 1.165) is 45.6 Å². The smallest absolute Gasteiger partial charge is 0.0774 e. The van der Waals surface area contributed by atoms with Crippen molar-refractivity contribution in [1.29, 1.82) is 0 Å². The van der Waals surface area contributed by atoms with Crippen molar-refractivity contribution in [2.45, 2.75) is 83.4 Å². The molecule has 4 nitrogen and oxygen atoms in total. The Morgan fingerprint density at radius 3 is 2.00 bits per heavy atom. The average molecular weight is 1080 g/mol. The Bertz CT molecular complexity index is 3030. The molecule has 327 valence electrons. The second-order valence-electron chi connectivity index (χ2n) is 18.6. The number of nitrogens with zero attached hydrogens (tertiary/aromatic N) is 3. The van der Waals surface area contributed by atoms with E-state index in [-0.39, 0.29) is 31.9 Å². The van der Waals surface area contributed by atoms with Crippen LogP contribution in [-0.4, -0.2) is 27.8 Å². The van der Waals surface area contributed by atoms with Gasteiger partial charge < -0.3 is 8.98 Å². The Morgan fingerprint density at radius 2 is 1.36 bits per heavy atom. The summed E-state index contributed by atoms with van der Waals surface area (Å²) in [6.07, 6.45) is 4.76. The topological polar surface area (TPSA) is 43.9 Å². The van der Waals surface area contributed by atoms with Gasteiger partial charge in [0.15, 0.2) is 0 Å². The molecule has 0 aliphatic carbocycles. The van der Waals surface area contributed by atoms with Crippen molar-refractivity contribution in [3.05, 3.63) is 192 Å². The molecule has 3 aromatic heterocycles. The van der Waals surface area contributed by atoms with E-state index in [1.165, 1.54) is 27.8 Å². The SMILES string of the molecule is CC(C)Cc1cc(-c2[c-]cccc2)nc[c]1[Ge]([CH3])([CH3])[CH3].[2H]C([2H])(c1ccccc1)c1ccc2o[c-]c(-c3nc4ccccc4n3-c3c(C(C)C)cc(-c4ccccc4)cc3C(C)C)c2c1.[Ir]. The maximum absolute atomic E-state index is 9.02. The molecule has 0 fully saturated rings. The molecule has 0 N–H and O–H groups in total. The Morgan fingerprint density at radius 1 is 0.703 bits per heavy atom. The van der Waals surface area contributed by atoms with Gasteiger partial charge in [0.2, 0.25) is 0 Å². The molecule has 0 saturated carbocycles. The fourth-order valence-corrected chi connectivity index (χ4v) is 11.8. The van der Waals surface area contributed by atoms with E-state index >= 15 is 0 Å². The Labute approximate surface area is 399 Å². The third-order valence-electron chi connectivity index (χ3n) is 11.5. The first-order valence-corrected chi connectivity index (χ1v) is 29.6. The first-order chi connectivity index (χ1) is 31.1. The maximum atomic E-state index is 9.02. The molecule has 0 aliphatic rings. The minimum absolute atomic E-state index is 0. The van der Waals surface area contributed by atoms with Crippen LogP contribution in [-0.2, 0) is 32.9 Å². The van der Waals surface area contributed by atoms with Crippen LogP contribution in [0, 0.1) is 18.2 Å². The standard InChI is InChI=1S/C40H35N2O.C18H24GeN.Ir/c1-26(2)32-23-31(30-15-9-6-10-16-30)24-33(27(3)4)39(32)42-37-18-12-11-17-36(37)41-40(42)35-25-43-38-20-19-29(22-34(35)38)21-28-13-7-5-8-14-28;1-14(2)11-16-12-18(15-9-7-6-8-10-15)20-13-17(16)19(3,4)5;/h5-20,22-24,26-27H,21H2,1-4H3;6-9,12-14H,11H2,1-5H3;/q2*-1;/i21D2;;. The number of para-hydroxylation sites is 2. The fraction of sp³-hybridized carbons (Fsp3) is 0.241. The van der Waals surface area contributed by atoms with Crippen LogP contribution in [0.3, 0.4) is 0 Å². The fourth-order valence-electron chi connectivity index (χ4n) is 8.42. The van der Waals surface area contributed by atoms with Crippen LogP contribution in [0.25, 0.3) is 61.5 Å². The Kier molecular flexibility index (Phi) is 13.9. The molecule has 0 saturated heterocycles. The summed E-state index contributed by atoms with van der Waals surface area (Å²) < 4.78 is 27.9. The van der Waals surface area contributed by atoms with E-state index in [1.54, 1.807) is 10.5 Å². The van der Waals surface area contributed by atoms with Gasteiger partial charge in [0, 0.05) is 40.4 Å². The molecule has 0 spiro atoms. The number of hydrogen-bond acceptors (Lipinski definition) is 3. The molecule has 0 bridgehead atoms. The molecular formula is C58H59GeIrN3O-2. The number of furan rings is 1. The number of benzene rings is 6. The van der Waals surface area contributed by atoms with Crippen LogP contribution in [0.5, 0.6) is 0 Å². The predicted octanol–water partition coefficient (Wildman–Crippen LogP) is 15.0. The van der Waals surface area contributed by atoms with Gasteiger partial charge in [-0.2, -0.15) is 0 Å². The number of pyridine rings is 1. The average Bonchev–Trinajstić information content (AvgIpc) is 3.90. The number of hydrogen-bond donors (Lipinski definition) is 0. The first kappa shape index (κ1) is 43.9. The monoisotopic (exact) mass is 1080 g/mol. The largest absolute Gasteiger partial charge is 0.557 e. The molecule has 64 heavy (non-hydrogen) atoms. The molecular weight excluding hydrogens is 1020 g/mol. The summed E-state index contributed by atoms with van der Waals surface area (Å²) in [5.41, 5.74) is 14.0. The Balaban J connectivity index is 0.000000260. The molecule has 9 rings (SSSR count). The third-order valence-corrected chi connectivity index (χ3v) is 15.8. The van der Waals surface area contributed by atoms with E-state index in [0.29, 0.717) is 28.2 Å². The van der Waals surface area contributed by atoms with E-state index in [4.69, 9.17) is 17.1 Å². The molecule has 0 atom stereocenters. The van der Waals surface area contributed by atoms with E-state index in [9.17, 15) is 0 Å². The minimum atomic E-state index is -1.86. The van der Waals surface area contributed by atoms with Gasteiger partial charge in [0.25, 0.3) is 0 Å². The number of rotatable bonds is 11. The summed E-state index contributed by atoms with van der Waals surface area (Å²) >= 11 is -1.86. The first-order valence-electron chi connectivity index (χ1n) is 23.3. The van der Waals surface area contributed by atoms with Crippen LogP contribution in [0.2, 0.25) is 17.3 Å². The summed E-state index contributed by atoms with van der Waals surface area (Å²) in [5, 5.41) is 0.780. The van der Waals surface area contributed by atoms with Gasteiger partial charge in [-0.25, -0.2) is 0 Å². The number of fused-ring (bicyclic) bond motifs is 2. The van der Waals surface area contributed by atoms with Crippen molar-refractivity contribution in [3.63, 3.8) is 0 Å². The number of imidazole rings is 1. The van der Waals surface area contributed by atoms with Crippen molar-refractivity contribution < 1.29 is 27.3 Å². The van der Waals surface area contributed by atoms with Crippen molar-refractivity contribution >= 4 is 39.7 Å². The molecule has 9 aromatic rings. The molecule has 3 heterocycles. The molecule has 1 radical (unpaired) electrons. The zero-order valence-corrected chi connectivity index (χ0v) is 42.9. The maximum Gasteiger partial charge on any atom is 0.0774 e. The zero-order valence-electron chi connectivity index (χ0n) is 40.5. The van der Waals surface area contributed by atoms with Gasteiger partial charge in [-0.15, -0.1) is 0 Å². The minimum Gasteiger partial charge on any atom is -0.557 e.